The molecule has 7 rings (SSSR count). The van der Waals surface area contributed by atoms with Crippen LogP contribution in [0.3, 0.4) is 0 Å². The minimum atomic E-state index is -1.28. The SMILES string of the molecule is C1=Nc2ccccc2Oc2ccccc21.O=C(O)c1cc2ccccc2c(Cc2c(O)c(C(=O)O)cc3ccccc23)c1O. The third-order valence-corrected chi connectivity index (χ3v) is 7.41. The smallest absolute Gasteiger partial charge is 0.339 e. The van der Waals surface area contributed by atoms with Crippen molar-refractivity contribution in [3.05, 3.63) is 137 Å². The maximum atomic E-state index is 11.6. The Morgan fingerprint density at radius 1 is 0.614 bits per heavy atom. The Hall–Kier alpha value is -6.15. The number of phenols is 2. The van der Waals surface area contributed by atoms with Gasteiger partial charge in [0.25, 0.3) is 0 Å². The summed E-state index contributed by atoms with van der Waals surface area (Å²) in [6.45, 7) is 0. The highest BCUT2D eigenvalue weighted by Gasteiger charge is 2.22. The summed E-state index contributed by atoms with van der Waals surface area (Å²) < 4.78 is 5.78. The molecule has 6 aromatic rings. The molecule has 0 fully saturated rings. The number of rotatable bonds is 4. The zero-order valence-corrected chi connectivity index (χ0v) is 23.1. The van der Waals surface area contributed by atoms with Crippen molar-refractivity contribution in [1.29, 1.82) is 0 Å². The number of carboxylic acids is 2. The van der Waals surface area contributed by atoms with E-state index in [0.29, 0.717) is 32.7 Å². The van der Waals surface area contributed by atoms with Gasteiger partial charge in [-0.15, -0.1) is 0 Å². The quantitative estimate of drug-likeness (QED) is 0.165. The number of ether oxygens (including phenoxy) is 1. The summed E-state index contributed by atoms with van der Waals surface area (Å²) in [5.74, 6) is -1.70. The fourth-order valence-corrected chi connectivity index (χ4v) is 5.27. The van der Waals surface area contributed by atoms with E-state index in [9.17, 15) is 30.0 Å². The van der Waals surface area contributed by atoms with Crippen LogP contribution in [0, 0.1) is 0 Å². The molecule has 8 nitrogen and oxygen atoms in total. The van der Waals surface area contributed by atoms with Crippen molar-refractivity contribution < 1.29 is 34.8 Å². The van der Waals surface area contributed by atoms with Crippen molar-refractivity contribution in [3.63, 3.8) is 0 Å². The second-order valence-corrected chi connectivity index (χ2v) is 10.1. The first-order valence-electron chi connectivity index (χ1n) is 13.7. The van der Waals surface area contributed by atoms with Gasteiger partial charge in [0, 0.05) is 29.3 Å². The number of hydrogen-bond donors (Lipinski definition) is 4. The molecule has 1 heterocycles. The van der Waals surface area contributed by atoms with Crippen molar-refractivity contribution in [2.24, 2.45) is 4.99 Å². The van der Waals surface area contributed by atoms with Crippen molar-refractivity contribution in [3.8, 4) is 23.0 Å². The number of carbonyl (C=O) groups is 2. The van der Waals surface area contributed by atoms with Crippen LogP contribution < -0.4 is 4.74 Å². The molecular weight excluding hydrogens is 558 g/mol. The second-order valence-electron chi connectivity index (χ2n) is 10.1. The first kappa shape index (κ1) is 28.0. The van der Waals surface area contributed by atoms with Crippen LogP contribution in [-0.4, -0.2) is 38.6 Å². The molecule has 0 radical (unpaired) electrons. The molecule has 1 aliphatic heterocycles. The Kier molecular flexibility index (Phi) is 7.39. The van der Waals surface area contributed by atoms with E-state index < -0.39 is 23.4 Å². The number of aliphatic imine (C=N–C) groups is 1. The molecule has 44 heavy (non-hydrogen) atoms. The molecule has 0 atom stereocenters. The number of aromatic hydroxyl groups is 2. The second kappa shape index (κ2) is 11.6. The zero-order valence-electron chi connectivity index (χ0n) is 23.1. The Bertz CT molecular complexity index is 1970. The molecule has 6 aromatic carbocycles. The van der Waals surface area contributed by atoms with Gasteiger partial charge < -0.3 is 25.2 Å². The van der Waals surface area contributed by atoms with Crippen LogP contribution in [0.15, 0.2) is 114 Å². The zero-order chi connectivity index (χ0) is 30.8. The summed E-state index contributed by atoms with van der Waals surface area (Å²) in [4.78, 5) is 27.6. The predicted octanol–water partition coefficient (Wildman–Crippen LogP) is 7.93. The van der Waals surface area contributed by atoms with Gasteiger partial charge in [-0.3, -0.25) is 4.99 Å². The lowest BCUT2D eigenvalue weighted by molar-refractivity contribution is 0.0682. The first-order chi connectivity index (χ1) is 21.3. The van der Waals surface area contributed by atoms with Gasteiger partial charge in [0.15, 0.2) is 5.75 Å². The van der Waals surface area contributed by atoms with Gasteiger partial charge in [-0.25, -0.2) is 9.59 Å². The average Bonchev–Trinajstić information content (AvgIpc) is 3.22. The first-order valence-corrected chi connectivity index (χ1v) is 13.7. The van der Waals surface area contributed by atoms with Gasteiger partial charge in [-0.1, -0.05) is 72.8 Å². The van der Waals surface area contributed by atoms with Gasteiger partial charge in [0.2, 0.25) is 0 Å². The molecule has 8 heteroatoms. The van der Waals surface area contributed by atoms with Crippen LogP contribution in [0.5, 0.6) is 23.0 Å². The molecule has 4 N–H and O–H groups in total. The minimum Gasteiger partial charge on any atom is -0.507 e. The molecule has 0 unspecified atom stereocenters. The number of carboxylic acid groups (broad SMARTS) is 2. The minimum absolute atomic E-state index is 0.0407. The summed E-state index contributed by atoms with van der Waals surface area (Å²) in [7, 11) is 0. The molecular formula is C36H25NO7. The van der Waals surface area contributed by atoms with E-state index >= 15 is 0 Å². The van der Waals surface area contributed by atoms with Gasteiger partial charge in [-0.05, 0) is 57.9 Å². The fourth-order valence-electron chi connectivity index (χ4n) is 5.27. The normalized spacial score (nSPS) is 11.5. The number of nitrogens with zero attached hydrogens (tertiary/aromatic N) is 1. The molecule has 0 saturated heterocycles. The van der Waals surface area contributed by atoms with Crippen LogP contribution in [0.25, 0.3) is 21.5 Å². The Labute approximate surface area is 251 Å². The summed E-state index contributed by atoms with van der Waals surface area (Å²) in [5, 5.41) is 42.8. The van der Waals surface area contributed by atoms with E-state index in [1.807, 2.05) is 54.7 Å². The van der Waals surface area contributed by atoms with Crippen LogP contribution >= 0.6 is 0 Å². The number of aromatic carboxylic acids is 2. The summed E-state index contributed by atoms with van der Waals surface area (Å²) in [6, 6.07) is 32.4. The summed E-state index contributed by atoms with van der Waals surface area (Å²) >= 11 is 0. The molecule has 1 aliphatic rings. The molecule has 216 valence electrons. The number of benzene rings is 6. The van der Waals surface area contributed by atoms with E-state index in [1.165, 1.54) is 12.1 Å². The number of para-hydroxylation sites is 3. The molecule has 0 aliphatic carbocycles. The number of hydrogen-bond acceptors (Lipinski definition) is 6. The molecule has 0 spiro atoms. The van der Waals surface area contributed by atoms with Crippen molar-refractivity contribution in [2.45, 2.75) is 6.42 Å². The monoisotopic (exact) mass is 583 g/mol. The maximum Gasteiger partial charge on any atom is 0.339 e. The van der Waals surface area contributed by atoms with Gasteiger partial charge in [0.1, 0.15) is 34.1 Å². The van der Waals surface area contributed by atoms with Crippen LogP contribution in [0.2, 0.25) is 0 Å². The van der Waals surface area contributed by atoms with Crippen LogP contribution in [0.4, 0.5) is 5.69 Å². The van der Waals surface area contributed by atoms with Gasteiger partial charge in [0.05, 0.1) is 0 Å². The Morgan fingerprint density at radius 3 is 1.66 bits per heavy atom. The van der Waals surface area contributed by atoms with Crippen molar-refractivity contribution in [1.82, 2.24) is 0 Å². The third-order valence-electron chi connectivity index (χ3n) is 7.41. The largest absolute Gasteiger partial charge is 0.507 e. The van der Waals surface area contributed by atoms with E-state index in [1.54, 1.807) is 48.5 Å². The highest BCUT2D eigenvalue weighted by atomic mass is 16.5. The van der Waals surface area contributed by atoms with Crippen LogP contribution in [-0.2, 0) is 6.42 Å². The molecule has 0 saturated carbocycles. The molecule has 0 aromatic heterocycles. The van der Waals surface area contributed by atoms with E-state index in [4.69, 9.17) is 4.74 Å². The lowest BCUT2D eigenvalue weighted by Crippen LogP contribution is -2.04. The predicted molar refractivity (Wildman–Crippen MR) is 168 cm³/mol. The number of fused-ring (bicyclic) bond motifs is 4. The van der Waals surface area contributed by atoms with Gasteiger partial charge in [-0.2, -0.15) is 0 Å². The summed E-state index contributed by atoms with van der Waals surface area (Å²) in [6.07, 6.45) is 1.79. The topological polar surface area (TPSA) is 137 Å². The van der Waals surface area contributed by atoms with E-state index in [2.05, 4.69) is 4.99 Å². The summed E-state index contributed by atoms with van der Waals surface area (Å²) in [5.41, 5.74) is 1.99. The molecule has 0 bridgehead atoms. The van der Waals surface area contributed by atoms with Crippen molar-refractivity contribution in [2.75, 3.05) is 0 Å². The maximum absolute atomic E-state index is 11.6. The van der Waals surface area contributed by atoms with E-state index in [0.717, 1.165) is 22.7 Å². The Balaban J connectivity index is 0.000000190. The standard InChI is InChI=1S/C23H16O6.C13H9NO/c24-20-16(14-7-3-1-5-12(14)9-18(20)22(26)27)11-17-15-8-4-2-6-13(15)10-19(21(17)25)23(28)29;1-3-7-12-10(5-1)9-14-11-6-2-4-8-13(11)15-12/h1-10,24-25H,11H2,(H,26,27)(H,28,29);1-9H. The van der Waals surface area contributed by atoms with Crippen molar-refractivity contribution >= 4 is 45.4 Å². The van der Waals surface area contributed by atoms with Crippen LogP contribution in [0.1, 0.15) is 37.4 Å². The lowest BCUT2D eigenvalue weighted by Gasteiger charge is -2.16. The van der Waals surface area contributed by atoms with Gasteiger partial charge >= 0.3 is 11.9 Å². The average molecular weight is 584 g/mol. The highest BCUT2D eigenvalue weighted by Crippen LogP contribution is 2.39. The van der Waals surface area contributed by atoms with E-state index in [-0.39, 0.29) is 17.5 Å². The third kappa shape index (κ3) is 5.28. The highest BCUT2D eigenvalue weighted by molar-refractivity contribution is 6.02. The Morgan fingerprint density at radius 2 is 1.09 bits per heavy atom. The molecule has 0 amide bonds. The lowest BCUT2D eigenvalue weighted by atomic mass is 9.90. The fraction of sp³-hybridized carbons (Fsp3) is 0.0278.